The Morgan fingerprint density at radius 2 is 2.11 bits per heavy atom. The zero-order valence-corrected chi connectivity index (χ0v) is 12.4. The Balaban J connectivity index is 2.43. The molecule has 0 saturated carbocycles. The summed E-state index contributed by atoms with van der Waals surface area (Å²) in [7, 11) is 1.58. The van der Waals surface area contributed by atoms with E-state index in [1.807, 2.05) is 0 Å². The first-order valence-corrected chi connectivity index (χ1v) is 6.98. The maximum Gasteiger partial charge on any atom is 0.336 e. The Morgan fingerprint density at radius 3 is 2.79 bits per heavy atom. The standard InChI is InChI=1S/C14H15BrO4/c1-3-4-13(15)18-12-8-10-9(7-11(12)17-2)5-6-14(16)19-10/h5-8,13H,3-4H2,1-2H3. The summed E-state index contributed by atoms with van der Waals surface area (Å²) in [6.45, 7) is 2.08. The molecule has 0 aliphatic rings. The van der Waals surface area contributed by atoms with Crippen molar-refractivity contribution in [3.8, 4) is 11.5 Å². The van der Waals surface area contributed by atoms with E-state index in [9.17, 15) is 4.79 Å². The van der Waals surface area contributed by atoms with Gasteiger partial charge in [-0.2, -0.15) is 0 Å². The Bertz CT molecular complexity index is 620. The van der Waals surface area contributed by atoms with Crippen LogP contribution in [0.2, 0.25) is 0 Å². The van der Waals surface area contributed by atoms with Crippen LogP contribution in [0.5, 0.6) is 11.5 Å². The lowest BCUT2D eigenvalue weighted by atomic mass is 10.2. The molecular formula is C14H15BrO4. The van der Waals surface area contributed by atoms with Gasteiger partial charge >= 0.3 is 5.63 Å². The summed E-state index contributed by atoms with van der Waals surface area (Å²) in [6, 6.07) is 6.55. The lowest BCUT2D eigenvalue weighted by Gasteiger charge is -2.15. The Labute approximate surface area is 119 Å². The Hall–Kier alpha value is -1.49. The molecule has 19 heavy (non-hydrogen) atoms. The molecule has 0 fully saturated rings. The predicted molar refractivity (Wildman–Crippen MR) is 77.3 cm³/mol. The minimum Gasteiger partial charge on any atom is -0.493 e. The maximum atomic E-state index is 11.2. The van der Waals surface area contributed by atoms with E-state index in [1.54, 1.807) is 25.3 Å². The smallest absolute Gasteiger partial charge is 0.336 e. The van der Waals surface area contributed by atoms with Gasteiger partial charge in [0, 0.05) is 17.5 Å². The fraction of sp³-hybridized carbons (Fsp3) is 0.357. The highest BCUT2D eigenvalue weighted by Crippen LogP contribution is 2.33. The molecule has 4 nitrogen and oxygen atoms in total. The zero-order chi connectivity index (χ0) is 13.8. The van der Waals surface area contributed by atoms with E-state index < -0.39 is 0 Å². The molecule has 2 rings (SSSR count). The van der Waals surface area contributed by atoms with E-state index in [1.165, 1.54) is 6.07 Å². The van der Waals surface area contributed by atoms with Gasteiger partial charge in [-0.1, -0.05) is 13.3 Å². The summed E-state index contributed by atoms with van der Waals surface area (Å²) in [5.74, 6) is 1.17. The maximum absolute atomic E-state index is 11.2. The second-order valence-corrected chi connectivity index (χ2v) is 5.13. The molecule has 1 unspecified atom stereocenters. The Kier molecular flexibility index (Phi) is 4.47. The summed E-state index contributed by atoms with van der Waals surface area (Å²) in [6.07, 6.45) is 1.88. The van der Waals surface area contributed by atoms with E-state index in [0.717, 1.165) is 18.2 Å². The second kappa shape index (κ2) is 6.10. The van der Waals surface area contributed by atoms with Crippen LogP contribution < -0.4 is 15.1 Å². The lowest BCUT2D eigenvalue weighted by Crippen LogP contribution is -2.08. The average molecular weight is 327 g/mol. The van der Waals surface area contributed by atoms with Gasteiger partial charge in [0.1, 0.15) is 5.58 Å². The summed E-state index contributed by atoms with van der Waals surface area (Å²) in [4.78, 5) is 11.2. The number of methoxy groups -OCH3 is 1. The first-order valence-electron chi connectivity index (χ1n) is 6.06. The molecule has 1 atom stereocenters. The topological polar surface area (TPSA) is 48.7 Å². The molecule has 1 aromatic carbocycles. The van der Waals surface area contributed by atoms with Crippen molar-refractivity contribution in [2.75, 3.05) is 7.11 Å². The molecule has 5 heteroatoms. The van der Waals surface area contributed by atoms with Gasteiger partial charge in [0.2, 0.25) is 0 Å². The van der Waals surface area contributed by atoms with Crippen LogP contribution in [0.4, 0.5) is 0 Å². The number of benzene rings is 1. The van der Waals surface area contributed by atoms with E-state index in [-0.39, 0.29) is 10.6 Å². The van der Waals surface area contributed by atoms with Crippen molar-refractivity contribution in [1.82, 2.24) is 0 Å². The van der Waals surface area contributed by atoms with Gasteiger partial charge in [0.15, 0.2) is 16.5 Å². The molecule has 2 aromatic rings. The van der Waals surface area contributed by atoms with Crippen LogP contribution in [0.1, 0.15) is 19.8 Å². The van der Waals surface area contributed by atoms with Crippen molar-refractivity contribution in [3.63, 3.8) is 0 Å². The van der Waals surface area contributed by atoms with Crippen molar-refractivity contribution < 1.29 is 13.9 Å². The molecule has 0 aliphatic carbocycles. The first-order chi connectivity index (χ1) is 9.13. The van der Waals surface area contributed by atoms with E-state index in [2.05, 4.69) is 22.9 Å². The number of ether oxygens (including phenoxy) is 2. The van der Waals surface area contributed by atoms with Crippen LogP contribution in [-0.2, 0) is 0 Å². The van der Waals surface area contributed by atoms with Crippen LogP contribution in [-0.4, -0.2) is 12.1 Å². The second-order valence-electron chi connectivity index (χ2n) is 4.11. The van der Waals surface area contributed by atoms with Gasteiger partial charge in [0.25, 0.3) is 0 Å². The molecule has 0 radical (unpaired) electrons. The van der Waals surface area contributed by atoms with Crippen molar-refractivity contribution in [2.45, 2.75) is 24.8 Å². The summed E-state index contributed by atoms with van der Waals surface area (Å²) in [5, 5.41) is 0.699. The minimum atomic E-state index is -0.382. The highest BCUT2D eigenvalue weighted by Gasteiger charge is 2.12. The molecule has 0 N–H and O–H groups in total. The predicted octanol–water partition coefficient (Wildman–Crippen LogP) is 3.70. The SMILES string of the molecule is CCCC(Br)Oc1cc2oc(=O)ccc2cc1OC. The van der Waals surface area contributed by atoms with Crippen molar-refractivity contribution in [1.29, 1.82) is 0 Å². The highest BCUT2D eigenvalue weighted by molar-refractivity contribution is 9.09. The normalized spacial score (nSPS) is 12.4. The highest BCUT2D eigenvalue weighted by atomic mass is 79.9. The van der Waals surface area contributed by atoms with Crippen molar-refractivity contribution >= 4 is 26.9 Å². The fourth-order valence-corrected chi connectivity index (χ4v) is 2.41. The van der Waals surface area contributed by atoms with Gasteiger partial charge < -0.3 is 13.9 Å². The van der Waals surface area contributed by atoms with Crippen molar-refractivity contribution in [2.24, 2.45) is 0 Å². The van der Waals surface area contributed by atoms with Gasteiger partial charge in [0.05, 0.1) is 7.11 Å². The van der Waals surface area contributed by atoms with Gasteiger partial charge in [-0.3, -0.25) is 0 Å². The molecule has 0 bridgehead atoms. The third-order valence-corrected chi connectivity index (χ3v) is 3.32. The largest absolute Gasteiger partial charge is 0.493 e. The molecular weight excluding hydrogens is 312 g/mol. The number of rotatable bonds is 5. The van der Waals surface area contributed by atoms with Crippen LogP contribution in [0.15, 0.2) is 33.5 Å². The monoisotopic (exact) mass is 326 g/mol. The molecule has 1 heterocycles. The van der Waals surface area contributed by atoms with Gasteiger partial charge in [-0.25, -0.2) is 4.79 Å². The van der Waals surface area contributed by atoms with E-state index >= 15 is 0 Å². The third kappa shape index (κ3) is 3.29. The molecule has 0 aliphatic heterocycles. The van der Waals surface area contributed by atoms with Gasteiger partial charge in [-0.05, 0) is 34.5 Å². The van der Waals surface area contributed by atoms with Crippen LogP contribution in [0.25, 0.3) is 11.0 Å². The molecule has 0 saturated heterocycles. The molecule has 0 amide bonds. The first kappa shape index (κ1) is 13.9. The summed E-state index contributed by atoms with van der Waals surface area (Å²) >= 11 is 3.45. The number of fused-ring (bicyclic) bond motifs is 1. The van der Waals surface area contributed by atoms with Gasteiger partial charge in [-0.15, -0.1) is 0 Å². The fourth-order valence-electron chi connectivity index (χ4n) is 1.75. The minimum absolute atomic E-state index is 0.0979. The van der Waals surface area contributed by atoms with E-state index in [4.69, 9.17) is 13.9 Å². The van der Waals surface area contributed by atoms with E-state index in [0.29, 0.717) is 17.1 Å². The van der Waals surface area contributed by atoms with Crippen molar-refractivity contribution in [3.05, 3.63) is 34.7 Å². The quantitative estimate of drug-likeness (QED) is 0.621. The van der Waals surface area contributed by atoms with Crippen LogP contribution >= 0.6 is 15.9 Å². The van der Waals surface area contributed by atoms with Crippen LogP contribution in [0.3, 0.4) is 0 Å². The summed E-state index contributed by atoms with van der Waals surface area (Å²) < 4.78 is 16.2. The van der Waals surface area contributed by atoms with Crippen LogP contribution in [0, 0.1) is 0 Å². The number of hydrogen-bond donors (Lipinski definition) is 0. The zero-order valence-electron chi connectivity index (χ0n) is 10.8. The third-order valence-electron chi connectivity index (χ3n) is 2.68. The number of alkyl halides is 1. The number of halogens is 1. The average Bonchev–Trinajstić information content (AvgIpc) is 2.38. The molecule has 0 spiro atoms. The summed E-state index contributed by atoms with van der Waals surface area (Å²) in [5.41, 5.74) is 0.104. The number of hydrogen-bond acceptors (Lipinski definition) is 4. The Morgan fingerprint density at radius 1 is 1.32 bits per heavy atom. The molecule has 1 aromatic heterocycles. The molecule has 102 valence electrons. The lowest BCUT2D eigenvalue weighted by molar-refractivity contribution is 0.266.